The quantitative estimate of drug-likeness (QED) is 0.353. The fourth-order valence-electron chi connectivity index (χ4n) is 3.21. The third kappa shape index (κ3) is 6.42. The fourth-order valence-corrected chi connectivity index (χ4v) is 4.71. The maximum absolute atomic E-state index is 13.4. The van der Waals surface area contributed by atoms with Crippen molar-refractivity contribution in [2.45, 2.75) is 26.7 Å². The monoisotopic (exact) mass is 480 g/mol. The molecule has 0 aliphatic carbocycles. The minimum absolute atomic E-state index is 0.182. The van der Waals surface area contributed by atoms with E-state index in [0.717, 1.165) is 22.6 Å². The highest BCUT2D eigenvalue weighted by Crippen LogP contribution is 2.35. The topological polar surface area (TPSA) is 62.2 Å². The molecule has 2 aromatic carbocycles. The van der Waals surface area contributed by atoms with Crippen LogP contribution in [0.25, 0.3) is 11.3 Å². The fraction of sp³-hybridized carbons (Fsp3) is 0.304. The molecule has 0 aliphatic rings. The summed E-state index contributed by atoms with van der Waals surface area (Å²) in [4.78, 5) is 17.5. The largest absolute Gasteiger partial charge is 0.481 e. The highest BCUT2D eigenvalue weighted by atomic mass is 35.5. The van der Waals surface area contributed by atoms with Gasteiger partial charge >= 0.3 is 5.97 Å². The number of aliphatic carboxylic acids is 1. The molecule has 1 unspecified atom stereocenters. The number of anilines is 1. The van der Waals surface area contributed by atoms with Gasteiger partial charge in [-0.1, -0.05) is 55.2 Å². The summed E-state index contributed by atoms with van der Waals surface area (Å²) in [5, 5.41) is 14.4. The first-order valence-electron chi connectivity index (χ1n) is 9.89. The van der Waals surface area contributed by atoms with Gasteiger partial charge in [0, 0.05) is 17.0 Å². The lowest BCUT2D eigenvalue weighted by molar-refractivity contribution is -0.141. The number of carboxylic acids is 1. The highest BCUT2D eigenvalue weighted by Gasteiger charge is 2.20. The van der Waals surface area contributed by atoms with E-state index in [1.807, 2.05) is 6.07 Å². The molecule has 4 nitrogen and oxygen atoms in total. The van der Waals surface area contributed by atoms with Crippen molar-refractivity contribution in [2.24, 2.45) is 11.8 Å². The normalized spacial score (nSPS) is 12.2. The number of aromatic nitrogens is 1. The van der Waals surface area contributed by atoms with E-state index >= 15 is 0 Å². The summed E-state index contributed by atoms with van der Waals surface area (Å²) in [6, 6.07) is 11.4. The van der Waals surface area contributed by atoms with Crippen LogP contribution < -0.4 is 5.32 Å². The van der Waals surface area contributed by atoms with E-state index in [1.54, 1.807) is 24.3 Å². The van der Waals surface area contributed by atoms with Gasteiger partial charge in [-0.15, -0.1) is 11.3 Å². The zero-order valence-corrected chi connectivity index (χ0v) is 19.5. The molecule has 1 atom stereocenters. The molecular formula is C23H23Cl2FN2O2S. The van der Waals surface area contributed by atoms with Crippen molar-refractivity contribution in [1.82, 2.24) is 4.98 Å². The standard InChI is InChI=1S/C23H23Cl2FN2O2S/c1-13(2)8-20-21(15-6-7-18(24)19(25)11-15)28-23(31-20)27-12-16(22(29)30)9-14-4-3-5-17(26)10-14/h3-7,10-11,13,16H,8-9,12H2,1-2H3,(H,27,28)(H,29,30). The number of rotatable bonds is 9. The summed E-state index contributed by atoms with van der Waals surface area (Å²) >= 11 is 13.7. The minimum atomic E-state index is -0.944. The third-order valence-corrected chi connectivity index (χ3v) is 6.48. The van der Waals surface area contributed by atoms with Crippen LogP contribution >= 0.6 is 34.5 Å². The van der Waals surface area contributed by atoms with Crippen molar-refractivity contribution in [2.75, 3.05) is 11.9 Å². The molecular weight excluding hydrogens is 458 g/mol. The summed E-state index contributed by atoms with van der Waals surface area (Å²) in [7, 11) is 0. The number of nitrogens with one attached hydrogen (secondary N) is 1. The van der Waals surface area contributed by atoms with Crippen LogP contribution in [0.1, 0.15) is 24.3 Å². The molecule has 3 rings (SSSR count). The summed E-state index contributed by atoms with van der Waals surface area (Å²) in [6.45, 7) is 4.44. The summed E-state index contributed by atoms with van der Waals surface area (Å²) in [6.07, 6.45) is 1.06. The van der Waals surface area contributed by atoms with E-state index < -0.39 is 11.9 Å². The Kier molecular flexibility index (Phi) is 7.92. The van der Waals surface area contributed by atoms with Gasteiger partial charge in [0.05, 0.1) is 21.7 Å². The Morgan fingerprint density at radius 2 is 1.94 bits per heavy atom. The molecule has 0 aliphatic heterocycles. The van der Waals surface area contributed by atoms with Gasteiger partial charge < -0.3 is 10.4 Å². The second kappa shape index (κ2) is 10.4. The van der Waals surface area contributed by atoms with E-state index in [1.165, 1.54) is 23.5 Å². The molecule has 3 aromatic rings. The molecule has 1 aromatic heterocycles. The molecule has 0 fully saturated rings. The first kappa shape index (κ1) is 23.5. The van der Waals surface area contributed by atoms with Crippen LogP contribution in [0.3, 0.4) is 0 Å². The summed E-state index contributed by atoms with van der Waals surface area (Å²) < 4.78 is 13.4. The second-order valence-corrected chi connectivity index (χ2v) is 9.67. The van der Waals surface area contributed by atoms with E-state index in [0.29, 0.717) is 26.7 Å². The molecule has 164 valence electrons. The van der Waals surface area contributed by atoms with Gasteiger partial charge in [-0.2, -0.15) is 0 Å². The van der Waals surface area contributed by atoms with Crippen LogP contribution in [0, 0.1) is 17.7 Å². The van der Waals surface area contributed by atoms with Crippen LogP contribution in [0.5, 0.6) is 0 Å². The van der Waals surface area contributed by atoms with Crippen LogP contribution in [0.4, 0.5) is 9.52 Å². The number of thiazole rings is 1. The summed E-state index contributed by atoms with van der Waals surface area (Å²) in [5.41, 5.74) is 2.32. The average molecular weight is 481 g/mol. The van der Waals surface area contributed by atoms with Crippen LogP contribution in [0.15, 0.2) is 42.5 Å². The smallest absolute Gasteiger partial charge is 0.308 e. The van der Waals surface area contributed by atoms with Crippen molar-refractivity contribution >= 4 is 45.6 Å². The van der Waals surface area contributed by atoms with E-state index in [2.05, 4.69) is 19.2 Å². The van der Waals surface area contributed by atoms with E-state index in [4.69, 9.17) is 28.2 Å². The van der Waals surface area contributed by atoms with Crippen molar-refractivity contribution in [1.29, 1.82) is 0 Å². The molecule has 0 spiro atoms. The van der Waals surface area contributed by atoms with Gasteiger partial charge in [0.1, 0.15) is 5.82 Å². The Balaban J connectivity index is 1.80. The number of hydrogen-bond donors (Lipinski definition) is 2. The molecule has 0 saturated heterocycles. The minimum Gasteiger partial charge on any atom is -0.481 e. The Morgan fingerprint density at radius 3 is 2.58 bits per heavy atom. The number of benzene rings is 2. The van der Waals surface area contributed by atoms with Gasteiger partial charge in [0.15, 0.2) is 5.13 Å². The Morgan fingerprint density at radius 1 is 1.16 bits per heavy atom. The van der Waals surface area contributed by atoms with Crippen molar-refractivity contribution < 1.29 is 14.3 Å². The lowest BCUT2D eigenvalue weighted by Crippen LogP contribution is -2.25. The molecule has 0 bridgehead atoms. The zero-order chi connectivity index (χ0) is 22.5. The second-order valence-electron chi connectivity index (χ2n) is 7.77. The van der Waals surface area contributed by atoms with Crippen molar-refractivity contribution in [3.8, 4) is 11.3 Å². The van der Waals surface area contributed by atoms with Crippen LogP contribution in [0.2, 0.25) is 10.0 Å². The maximum atomic E-state index is 13.4. The number of nitrogens with zero attached hydrogens (tertiary/aromatic N) is 1. The molecule has 8 heteroatoms. The maximum Gasteiger partial charge on any atom is 0.308 e. The summed E-state index contributed by atoms with van der Waals surface area (Å²) in [5.74, 6) is -1.61. The van der Waals surface area contributed by atoms with Gasteiger partial charge in [-0.05, 0) is 48.6 Å². The van der Waals surface area contributed by atoms with E-state index in [9.17, 15) is 14.3 Å². The molecule has 0 saturated carbocycles. The van der Waals surface area contributed by atoms with Crippen LogP contribution in [-0.4, -0.2) is 22.6 Å². The van der Waals surface area contributed by atoms with Gasteiger partial charge in [-0.25, -0.2) is 9.37 Å². The molecule has 0 amide bonds. The van der Waals surface area contributed by atoms with E-state index in [-0.39, 0.29) is 18.8 Å². The average Bonchev–Trinajstić information content (AvgIpc) is 3.09. The lowest BCUT2D eigenvalue weighted by atomic mass is 9.99. The Hall–Kier alpha value is -2.15. The number of hydrogen-bond acceptors (Lipinski definition) is 4. The van der Waals surface area contributed by atoms with Gasteiger partial charge in [0.25, 0.3) is 0 Å². The van der Waals surface area contributed by atoms with Crippen LogP contribution in [-0.2, 0) is 17.6 Å². The molecule has 1 heterocycles. The highest BCUT2D eigenvalue weighted by molar-refractivity contribution is 7.16. The number of carbonyl (C=O) groups is 1. The third-order valence-electron chi connectivity index (χ3n) is 4.70. The zero-order valence-electron chi connectivity index (χ0n) is 17.2. The molecule has 2 N–H and O–H groups in total. The molecule has 0 radical (unpaired) electrons. The Labute approximate surface area is 195 Å². The number of halogens is 3. The molecule has 31 heavy (non-hydrogen) atoms. The predicted octanol–water partition coefficient (Wildman–Crippen LogP) is 6.81. The Bertz CT molecular complexity index is 1070. The van der Waals surface area contributed by atoms with Crippen molar-refractivity contribution in [3.63, 3.8) is 0 Å². The number of carboxylic acid groups (broad SMARTS) is 1. The van der Waals surface area contributed by atoms with Crippen molar-refractivity contribution in [3.05, 3.63) is 68.8 Å². The van der Waals surface area contributed by atoms with Gasteiger partial charge in [0.2, 0.25) is 0 Å². The SMILES string of the molecule is CC(C)Cc1sc(NCC(Cc2cccc(F)c2)C(=O)O)nc1-c1ccc(Cl)c(Cl)c1. The first-order chi connectivity index (χ1) is 14.7. The lowest BCUT2D eigenvalue weighted by Gasteiger charge is -2.13. The van der Waals surface area contributed by atoms with Gasteiger partial charge in [-0.3, -0.25) is 4.79 Å². The predicted molar refractivity (Wildman–Crippen MR) is 126 cm³/mol. The first-order valence-corrected chi connectivity index (χ1v) is 11.5.